The average Bonchev–Trinajstić information content (AvgIpc) is 3.58. The molecule has 1 aliphatic heterocycles. The highest BCUT2D eigenvalue weighted by atomic mass is 16.8. The third kappa shape index (κ3) is 8.70. The van der Waals surface area contributed by atoms with Gasteiger partial charge in [0, 0.05) is 19.2 Å². The molecule has 0 radical (unpaired) electrons. The van der Waals surface area contributed by atoms with E-state index in [1.165, 1.54) is 43.0 Å². The van der Waals surface area contributed by atoms with Gasteiger partial charge in [0.15, 0.2) is 12.1 Å². The summed E-state index contributed by atoms with van der Waals surface area (Å²) in [6.45, 7) is 2.49. The van der Waals surface area contributed by atoms with E-state index in [-0.39, 0.29) is 12.8 Å². The van der Waals surface area contributed by atoms with Gasteiger partial charge in [-0.2, -0.15) is 0 Å². The Bertz CT molecular complexity index is 1130. The molecule has 2 unspecified atom stereocenters. The lowest BCUT2D eigenvalue weighted by molar-refractivity contribution is -0.203. The molecule has 4 N–H and O–H groups in total. The van der Waals surface area contributed by atoms with E-state index in [1.807, 2.05) is 37.3 Å². The van der Waals surface area contributed by atoms with Crippen LogP contribution in [0, 0.1) is 17.3 Å². The van der Waals surface area contributed by atoms with E-state index in [0.29, 0.717) is 31.8 Å². The summed E-state index contributed by atoms with van der Waals surface area (Å²) in [6.07, 6.45) is 14.3. The number of ketones is 1. The molecule has 1 aromatic heterocycles. The van der Waals surface area contributed by atoms with Gasteiger partial charge in [-0.3, -0.25) is 19.8 Å². The van der Waals surface area contributed by atoms with Crippen LogP contribution >= 0.6 is 0 Å². The number of hydroxylamine groups is 1. The van der Waals surface area contributed by atoms with Crippen molar-refractivity contribution < 1.29 is 24.0 Å². The van der Waals surface area contributed by atoms with Crippen molar-refractivity contribution in [1.29, 1.82) is 0 Å². The molecular weight excluding hydrogens is 548 g/mol. The Kier molecular flexibility index (Phi) is 12.7. The number of Topliss-reactive ketones (excluding diaryl/α,β-unsaturated/α-hetero) is 1. The van der Waals surface area contributed by atoms with Gasteiger partial charge in [0.1, 0.15) is 11.5 Å². The lowest BCUT2D eigenvalue weighted by atomic mass is 9.69. The number of hydrogen-bond acceptors (Lipinski definition) is 8. The molecule has 2 fully saturated rings. The third-order valence-corrected chi connectivity index (χ3v) is 9.06. The normalized spacial score (nSPS) is 20.5. The topological polar surface area (TPSA) is 150 Å². The minimum absolute atomic E-state index is 0.136. The maximum Gasteiger partial charge on any atom is 0.249 e. The highest BCUT2D eigenvalue weighted by Gasteiger charge is 2.51. The van der Waals surface area contributed by atoms with Crippen molar-refractivity contribution >= 4 is 17.6 Å². The molecule has 0 bridgehead atoms. The van der Waals surface area contributed by atoms with Crippen LogP contribution in [0.25, 0.3) is 0 Å². The third-order valence-electron chi connectivity index (χ3n) is 9.06. The maximum absolute atomic E-state index is 14.9. The number of hydrazine groups is 1. The van der Waals surface area contributed by atoms with Gasteiger partial charge in [-0.1, -0.05) is 93.8 Å². The summed E-state index contributed by atoms with van der Waals surface area (Å²) >= 11 is 0. The Morgan fingerprint density at radius 3 is 2.53 bits per heavy atom. The lowest BCUT2D eigenvalue weighted by Crippen LogP contribution is -2.54. The molecule has 11 heteroatoms. The molecule has 1 aliphatic carbocycles. The highest BCUT2D eigenvalue weighted by molar-refractivity contribution is 6.09. The number of rotatable bonds is 16. The van der Waals surface area contributed by atoms with Crippen molar-refractivity contribution in [1.82, 2.24) is 25.9 Å². The Labute approximate surface area is 254 Å². The molecule has 1 aromatic carbocycles. The van der Waals surface area contributed by atoms with Crippen molar-refractivity contribution in [3.8, 4) is 0 Å². The van der Waals surface area contributed by atoms with E-state index in [2.05, 4.69) is 21.2 Å². The van der Waals surface area contributed by atoms with Crippen LogP contribution in [0.2, 0.25) is 0 Å². The van der Waals surface area contributed by atoms with Gasteiger partial charge in [-0.25, -0.2) is 20.8 Å². The molecule has 11 nitrogen and oxygen atoms in total. The van der Waals surface area contributed by atoms with E-state index in [4.69, 9.17) is 15.4 Å². The molecule has 2 amide bonds. The zero-order valence-corrected chi connectivity index (χ0v) is 25.4. The molecule has 2 heterocycles. The molecule has 2 aliphatic rings. The van der Waals surface area contributed by atoms with Crippen LogP contribution in [0.4, 0.5) is 0 Å². The Morgan fingerprint density at radius 2 is 1.88 bits per heavy atom. The van der Waals surface area contributed by atoms with E-state index < -0.39 is 41.3 Å². The van der Waals surface area contributed by atoms with Gasteiger partial charge in [0.25, 0.3) is 0 Å². The van der Waals surface area contributed by atoms with E-state index in [9.17, 15) is 14.4 Å². The molecule has 0 spiro atoms. The summed E-state index contributed by atoms with van der Waals surface area (Å²) in [5.74, 6) is 4.04. The first-order valence-electron chi connectivity index (χ1n) is 16.0. The van der Waals surface area contributed by atoms with Gasteiger partial charge in [0.05, 0.1) is 12.1 Å². The molecule has 2 aromatic rings. The van der Waals surface area contributed by atoms with Crippen LogP contribution in [-0.2, 0) is 30.4 Å². The van der Waals surface area contributed by atoms with Crippen molar-refractivity contribution in [2.75, 3.05) is 6.61 Å². The first kappa shape index (κ1) is 32.8. The Hall–Kier alpha value is -3.15. The molecule has 1 saturated heterocycles. The van der Waals surface area contributed by atoms with Crippen LogP contribution in [-0.4, -0.2) is 45.5 Å². The summed E-state index contributed by atoms with van der Waals surface area (Å²) in [5.41, 5.74) is 4.17. The maximum atomic E-state index is 14.9. The summed E-state index contributed by atoms with van der Waals surface area (Å²) in [4.78, 5) is 48.2. The van der Waals surface area contributed by atoms with Crippen LogP contribution in [0.5, 0.6) is 0 Å². The average molecular weight is 597 g/mol. The number of nitrogens with one attached hydrogen (secondary N) is 2. The summed E-state index contributed by atoms with van der Waals surface area (Å²) in [5, 5.41) is 8.16. The zero-order chi connectivity index (χ0) is 30.5. The lowest BCUT2D eigenvalue weighted by Gasteiger charge is -2.36. The number of nitrogens with zero attached hydrogens (tertiary/aromatic N) is 3. The number of amides is 2. The van der Waals surface area contributed by atoms with Gasteiger partial charge in [-0.05, 0) is 43.6 Å². The van der Waals surface area contributed by atoms with E-state index in [1.54, 1.807) is 6.20 Å². The number of carbonyl (C=O) groups is 3. The fourth-order valence-corrected chi connectivity index (χ4v) is 6.79. The number of nitrogens with two attached hydrogens (primary N) is 1. The van der Waals surface area contributed by atoms with Crippen molar-refractivity contribution in [2.24, 2.45) is 23.1 Å². The summed E-state index contributed by atoms with van der Waals surface area (Å²) in [7, 11) is 0. The second-order valence-electron chi connectivity index (χ2n) is 12.1. The summed E-state index contributed by atoms with van der Waals surface area (Å²) in [6, 6.07) is 8.31. The Morgan fingerprint density at radius 1 is 1.12 bits per heavy atom. The Balaban J connectivity index is 1.68. The molecule has 1 saturated carbocycles. The van der Waals surface area contributed by atoms with Crippen LogP contribution in [0.1, 0.15) is 102 Å². The fourth-order valence-electron chi connectivity index (χ4n) is 6.79. The first-order valence-corrected chi connectivity index (χ1v) is 16.0. The smallest absolute Gasteiger partial charge is 0.249 e. The minimum Gasteiger partial charge on any atom is -0.350 e. The molecule has 236 valence electrons. The highest BCUT2D eigenvalue weighted by Crippen LogP contribution is 2.39. The predicted octanol–water partition coefficient (Wildman–Crippen LogP) is 4.35. The number of aromatic nitrogens is 3. The summed E-state index contributed by atoms with van der Waals surface area (Å²) < 4.78 is 7.07. The van der Waals surface area contributed by atoms with Gasteiger partial charge in [0.2, 0.25) is 11.8 Å². The van der Waals surface area contributed by atoms with Gasteiger partial charge >= 0.3 is 0 Å². The number of hydrogen-bond donors (Lipinski definition) is 3. The van der Waals surface area contributed by atoms with Crippen molar-refractivity contribution in [2.45, 2.75) is 109 Å². The van der Waals surface area contributed by atoms with E-state index in [0.717, 1.165) is 31.2 Å². The largest absolute Gasteiger partial charge is 0.350 e. The van der Waals surface area contributed by atoms with Crippen LogP contribution in [0.15, 0.2) is 42.7 Å². The van der Waals surface area contributed by atoms with E-state index >= 15 is 0 Å². The van der Waals surface area contributed by atoms with Gasteiger partial charge in [-0.15, -0.1) is 5.10 Å². The molecule has 4 atom stereocenters. The quantitative estimate of drug-likeness (QED) is 0.112. The zero-order valence-electron chi connectivity index (χ0n) is 25.4. The number of ether oxygens (including phenoxy) is 1. The standard InChI is InChI=1S/C32H48N6O5/c1-2-19-32(31(41)35-33,23-25-14-7-4-8-15-25)29(39)28(38-21-20-34-37-38)26(17-11-16-24-12-5-3-6-13-24)30(40)36-43-27-18-9-10-22-42-27/h4,7-8,14-15,20-21,24,26-28H,2-3,5-6,9-13,16-19,22-23,33H2,1H3,(H,35,41)(H,36,40)/t26-,27?,28+,32?/m0/s1. The van der Waals surface area contributed by atoms with Crippen LogP contribution in [0.3, 0.4) is 0 Å². The first-order chi connectivity index (χ1) is 21.0. The number of carbonyl (C=O) groups excluding carboxylic acids is 3. The number of benzene rings is 1. The molecule has 4 rings (SSSR count). The predicted molar refractivity (Wildman–Crippen MR) is 161 cm³/mol. The minimum atomic E-state index is -1.53. The second-order valence-corrected chi connectivity index (χ2v) is 12.1. The fraction of sp³-hybridized carbons (Fsp3) is 0.656. The van der Waals surface area contributed by atoms with Crippen molar-refractivity contribution in [3.05, 3.63) is 48.3 Å². The van der Waals surface area contributed by atoms with Crippen LogP contribution < -0.4 is 16.7 Å². The molecule has 43 heavy (non-hydrogen) atoms. The van der Waals surface area contributed by atoms with Crippen molar-refractivity contribution in [3.63, 3.8) is 0 Å². The van der Waals surface area contributed by atoms with Gasteiger partial charge < -0.3 is 4.74 Å². The second kappa shape index (κ2) is 16.6. The molecular formula is C32H48N6O5. The monoisotopic (exact) mass is 596 g/mol. The SMILES string of the molecule is CCCC(Cc1ccccc1)(C(=O)NN)C(=O)[C@@H]([C@H](CCCC1CCCCC1)C(=O)NOC1CCCCO1)n1ccnn1.